The van der Waals surface area contributed by atoms with Gasteiger partial charge in [0.1, 0.15) is 6.17 Å². The normalized spacial score (nSPS) is 16.2. The van der Waals surface area contributed by atoms with Crippen LogP contribution in [-0.4, -0.2) is 0 Å². The first-order valence-corrected chi connectivity index (χ1v) is 17.4. The number of hydrogen-bond donors (Lipinski definition) is 2. The van der Waals surface area contributed by atoms with Crippen LogP contribution in [0.1, 0.15) is 28.9 Å². The van der Waals surface area contributed by atoms with Crippen molar-refractivity contribution in [2.75, 3.05) is 0 Å². The second kappa shape index (κ2) is 11.7. The van der Waals surface area contributed by atoms with E-state index in [1.165, 1.54) is 81.7 Å². The zero-order valence-corrected chi connectivity index (χ0v) is 27.5. The highest BCUT2D eigenvalue weighted by molar-refractivity contribution is 6.26. The van der Waals surface area contributed by atoms with Gasteiger partial charge in [-0.15, -0.1) is 0 Å². The molecule has 0 amide bonds. The second-order valence-electron chi connectivity index (χ2n) is 13.3. The van der Waals surface area contributed by atoms with Gasteiger partial charge in [0.2, 0.25) is 0 Å². The van der Waals surface area contributed by atoms with Crippen molar-refractivity contribution in [3.63, 3.8) is 0 Å². The van der Waals surface area contributed by atoms with Gasteiger partial charge in [-0.3, -0.25) is 5.32 Å². The Balaban J connectivity index is 1.30. The van der Waals surface area contributed by atoms with Crippen LogP contribution in [0.5, 0.6) is 0 Å². The van der Waals surface area contributed by atoms with Crippen molar-refractivity contribution in [3.8, 4) is 11.1 Å². The van der Waals surface area contributed by atoms with E-state index in [9.17, 15) is 0 Å². The SMILES string of the molecule is C1=C(c2c3ccccc3c(-c3ccccc3)c3c2ccc2ccccc23)NC(c2ccccc2)NC1c1cccc2ccc3ccccc3c12. The molecule has 1 heterocycles. The predicted molar refractivity (Wildman–Crippen MR) is 212 cm³/mol. The maximum Gasteiger partial charge on any atom is 0.104 e. The van der Waals surface area contributed by atoms with Gasteiger partial charge < -0.3 is 5.32 Å². The number of fused-ring (bicyclic) bond motifs is 7. The maximum absolute atomic E-state index is 4.02. The lowest BCUT2D eigenvalue weighted by Crippen LogP contribution is -2.39. The first-order valence-electron chi connectivity index (χ1n) is 17.4. The van der Waals surface area contributed by atoms with Gasteiger partial charge in [-0.1, -0.05) is 176 Å². The molecule has 0 saturated carbocycles. The smallest absolute Gasteiger partial charge is 0.104 e. The monoisotopic (exact) mass is 638 g/mol. The van der Waals surface area contributed by atoms with Crippen molar-refractivity contribution in [1.29, 1.82) is 0 Å². The molecule has 1 aliphatic heterocycles. The minimum absolute atomic E-state index is 0.0472. The topological polar surface area (TPSA) is 24.1 Å². The molecular formula is C48H34N2. The van der Waals surface area contributed by atoms with E-state index in [-0.39, 0.29) is 12.2 Å². The van der Waals surface area contributed by atoms with Crippen LogP contribution in [0, 0.1) is 0 Å². The van der Waals surface area contributed by atoms with Crippen LogP contribution in [0.3, 0.4) is 0 Å². The first-order chi connectivity index (χ1) is 24.8. The summed E-state index contributed by atoms with van der Waals surface area (Å²) < 4.78 is 0. The zero-order valence-electron chi connectivity index (χ0n) is 27.5. The molecule has 2 unspecified atom stereocenters. The summed E-state index contributed by atoms with van der Waals surface area (Å²) in [5, 5.41) is 20.6. The van der Waals surface area contributed by atoms with E-state index in [0.717, 1.165) is 5.70 Å². The van der Waals surface area contributed by atoms with E-state index < -0.39 is 0 Å². The third kappa shape index (κ3) is 4.61. The quantitative estimate of drug-likeness (QED) is 0.148. The number of nitrogens with one attached hydrogen (secondary N) is 2. The first kappa shape index (κ1) is 28.8. The van der Waals surface area contributed by atoms with Gasteiger partial charge in [-0.05, 0) is 82.2 Å². The van der Waals surface area contributed by atoms with Crippen LogP contribution >= 0.6 is 0 Å². The van der Waals surface area contributed by atoms with E-state index >= 15 is 0 Å². The Labute approximate surface area is 291 Å². The molecule has 2 N–H and O–H groups in total. The largest absolute Gasteiger partial charge is 0.366 e. The lowest BCUT2D eigenvalue weighted by Gasteiger charge is -2.34. The van der Waals surface area contributed by atoms with E-state index in [4.69, 9.17) is 0 Å². The molecule has 2 nitrogen and oxygen atoms in total. The average molecular weight is 639 g/mol. The predicted octanol–water partition coefficient (Wildman–Crippen LogP) is 12.1. The van der Waals surface area contributed by atoms with Gasteiger partial charge in [0, 0.05) is 11.3 Å². The zero-order chi connectivity index (χ0) is 33.0. The van der Waals surface area contributed by atoms with E-state index in [2.05, 4.69) is 193 Å². The van der Waals surface area contributed by atoms with Crippen LogP contribution < -0.4 is 10.6 Å². The Morgan fingerprint density at radius 1 is 0.380 bits per heavy atom. The summed E-state index contributed by atoms with van der Waals surface area (Å²) in [5.74, 6) is 0. The summed E-state index contributed by atoms with van der Waals surface area (Å²) in [6.07, 6.45) is 2.32. The molecule has 2 atom stereocenters. The molecule has 50 heavy (non-hydrogen) atoms. The lowest BCUT2D eigenvalue weighted by atomic mass is 9.84. The molecule has 0 aliphatic carbocycles. The van der Waals surface area contributed by atoms with Crippen molar-refractivity contribution in [2.45, 2.75) is 12.2 Å². The molecule has 0 bridgehead atoms. The standard InChI is InChI=1S/C48H34N2/c1-3-16-33(17-4-1)45-38-23-11-12-24-39(38)46(41-29-28-32-15-8-10-22-37(32)47(41)45)43-30-42(49-48(50-43)35-18-5-2-6-19-35)40-25-13-20-34-27-26-31-14-7-9-21-36(31)44(34)40/h1-30,42,48-50H. The molecule has 9 aromatic rings. The highest BCUT2D eigenvalue weighted by Gasteiger charge is 2.28. The van der Waals surface area contributed by atoms with E-state index in [0.29, 0.717) is 0 Å². The highest BCUT2D eigenvalue weighted by atomic mass is 15.2. The van der Waals surface area contributed by atoms with Crippen molar-refractivity contribution >= 4 is 59.6 Å². The van der Waals surface area contributed by atoms with E-state index in [1.807, 2.05) is 0 Å². The maximum atomic E-state index is 4.02. The minimum atomic E-state index is -0.102. The number of rotatable bonds is 4. The van der Waals surface area contributed by atoms with Crippen LogP contribution in [0.15, 0.2) is 182 Å². The van der Waals surface area contributed by atoms with Crippen LogP contribution in [0.2, 0.25) is 0 Å². The summed E-state index contributed by atoms with van der Waals surface area (Å²) in [4.78, 5) is 0. The molecule has 0 saturated heterocycles. The van der Waals surface area contributed by atoms with Crippen LogP contribution in [0.4, 0.5) is 0 Å². The summed E-state index contributed by atoms with van der Waals surface area (Å²) in [6.45, 7) is 0. The fourth-order valence-electron chi connectivity index (χ4n) is 8.29. The Morgan fingerprint density at radius 2 is 0.940 bits per heavy atom. The van der Waals surface area contributed by atoms with Crippen molar-refractivity contribution < 1.29 is 0 Å². The average Bonchev–Trinajstić information content (AvgIpc) is 3.20. The van der Waals surface area contributed by atoms with Gasteiger partial charge in [-0.2, -0.15) is 0 Å². The molecule has 1 aliphatic rings. The summed E-state index contributed by atoms with van der Waals surface area (Å²) in [5.41, 5.74) is 7.36. The molecule has 236 valence electrons. The Kier molecular flexibility index (Phi) is 6.75. The fraction of sp³-hybridized carbons (Fsp3) is 0.0417. The number of benzene rings is 9. The third-order valence-electron chi connectivity index (χ3n) is 10.5. The van der Waals surface area contributed by atoms with Gasteiger partial charge >= 0.3 is 0 Å². The van der Waals surface area contributed by atoms with Gasteiger partial charge in [0.05, 0.1) is 6.04 Å². The second-order valence-corrected chi connectivity index (χ2v) is 13.3. The van der Waals surface area contributed by atoms with E-state index in [1.54, 1.807) is 0 Å². The molecule has 0 spiro atoms. The summed E-state index contributed by atoms with van der Waals surface area (Å²) in [6, 6.07) is 64.0. The minimum Gasteiger partial charge on any atom is -0.366 e. The van der Waals surface area contributed by atoms with Crippen LogP contribution in [-0.2, 0) is 0 Å². The molecule has 9 aromatic carbocycles. The lowest BCUT2D eigenvalue weighted by molar-refractivity contribution is 0.444. The molecule has 0 radical (unpaired) electrons. The molecule has 10 rings (SSSR count). The van der Waals surface area contributed by atoms with Crippen molar-refractivity contribution in [1.82, 2.24) is 10.6 Å². The van der Waals surface area contributed by atoms with Crippen LogP contribution in [0.25, 0.3) is 70.7 Å². The molecule has 2 heteroatoms. The van der Waals surface area contributed by atoms with Crippen molar-refractivity contribution in [3.05, 3.63) is 199 Å². The molecule has 0 fully saturated rings. The number of hydrogen-bond acceptors (Lipinski definition) is 2. The Bertz CT molecular complexity index is 2760. The fourth-order valence-corrected chi connectivity index (χ4v) is 8.29. The van der Waals surface area contributed by atoms with Gasteiger partial charge in [-0.25, -0.2) is 0 Å². The third-order valence-corrected chi connectivity index (χ3v) is 10.5. The van der Waals surface area contributed by atoms with Gasteiger partial charge in [0.15, 0.2) is 0 Å². The van der Waals surface area contributed by atoms with Gasteiger partial charge in [0.25, 0.3) is 0 Å². The molecule has 0 aromatic heterocycles. The molecular weight excluding hydrogens is 605 g/mol. The summed E-state index contributed by atoms with van der Waals surface area (Å²) >= 11 is 0. The highest BCUT2D eigenvalue weighted by Crippen LogP contribution is 2.46. The van der Waals surface area contributed by atoms with Crippen molar-refractivity contribution in [2.24, 2.45) is 0 Å². The Morgan fingerprint density at radius 3 is 1.68 bits per heavy atom. The Hall–Kier alpha value is -6.22. The summed E-state index contributed by atoms with van der Waals surface area (Å²) in [7, 11) is 0.